The number of carbonyl (C=O) groups excluding carboxylic acids is 1. The van der Waals surface area contributed by atoms with Gasteiger partial charge in [-0.15, -0.1) is 5.10 Å². The van der Waals surface area contributed by atoms with E-state index in [0.717, 1.165) is 48.5 Å². The van der Waals surface area contributed by atoms with Crippen LogP contribution in [0.15, 0.2) is 48.5 Å². The third-order valence-corrected chi connectivity index (χ3v) is 3.56. The minimum Gasteiger partial charge on any atom is -0.435 e. The number of amides is 1. The van der Waals surface area contributed by atoms with E-state index in [4.69, 9.17) is 0 Å². The molecule has 1 heterocycles. The first-order chi connectivity index (χ1) is 13.6. The van der Waals surface area contributed by atoms with Gasteiger partial charge in [0.2, 0.25) is 0 Å². The Morgan fingerprint density at radius 3 is 2.21 bits per heavy atom. The van der Waals surface area contributed by atoms with Gasteiger partial charge in [0.05, 0.1) is 5.69 Å². The van der Waals surface area contributed by atoms with Gasteiger partial charge >= 0.3 is 12.8 Å². The Morgan fingerprint density at radius 1 is 1.03 bits per heavy atom. The van der Waals surface area contributed by atoms with Crippen LogP contribution in [-0.4, -0.2) is 27.5 Å². The molecule has 0 saturated carbocycles. The zero-order valence-corrected chi connectivity index (χ0v) is 14.1. The van der Waals surface area contributed by atoms with Crippen molar-refractivity contribution in [1.82, 2.24) is 15.0 Å². The maximum Gasteiger partial charge on any atom is 0.435 e. The van der Waals surface area contributed by atoms with Gasteiger partial charge in [0, 0.05) is 5.69 Å². The van der Waals surface area contributed by atoms with Crippen molar-refractivity contribution in [1.29, 1.82) is 0 Å². The second kappa shape index (κ2) is 7.81. The molecule has 3 rings (SSSR count). The van der Waals surface area contributed by atoms with Crippen LogP contribution in [0.5, 0.6) is 5.75 Å². The van der Waals surface area contributed by atoms with Crippen molar-refractivity contribution in [3.63, 3.8) is 0 Å². The van der Waals surface area contributed by atoms with Gasteiger partial charge in [-0.3, -0.25) is 4.79 Å². The number of halogens is 6. The number of nitrogens with one attached hydrogen (secondary N) is 1. The normalized spacial score (nSPS) is 11.6. The summed E-state index contributed by atoms with van der Waals surface area (Å²) in [6.07, 6.45) is -5.00. The minimum atomic E-state index is -5.00. The van der Waals surface area contributed by atoms with E-state index >= 15 is 0 Å². The molecule has 1 aromatic heterocycles. The molecular weight excluding hydrogens is 406 g/mol. The predicted octanol–water partition coefficient (Wildman–Crippen LogP) is 4.28. The first kappa shape index (κ1) is 20.2. The molecule has 0 aliphatic rings. The van der Waals surface area contributed by atoms with Crippen molar-refractivity contribution in [3.8, 4) is 11.4 Å². The maximum absolute atomic E-state index is 13.5. The molecular formula is C17H10F6N4O2. The van der Waals surface area contributed by atoms with Crippen LogP contribution in [0.3, 0.4) is 0 Å². The fourth-order valence-electron chi connectivity index (χ4n) is 2.36. The van der Waals surface area contributed by atoms with Crippen molar-refractivity contribution in [2.75, 3.05) is 5.32 Å². The molecule has 0 aliphatic carbocycles. The quantitative estimate of drug-likeness (QED) is 0.631. The van der Waals surface area contributed by atoms with Crippen LogP contribution in [0.2, 0.25) is 0 Å². The summed E-state index contributed by atoms with van der Waals surface area (Å²) < 4.78 is 82.4. The summed E-state index contributed by atoms with van der Waals surface area (Å²) in [6, 6.07) is 8.47. The number of ether oxygens (including phenoxy) is 1. The van der Waals surface area contributed by atoms with E-state index in [-0.39, 0.29) is 17.1 Å². The van der Waals surface area contributed by atoms with Gasteiger partial charge in [-0.1, -0.05) is 5.21 Å². The maximum atomic E-state index is 13.5. The number of anilines is 1. The molecule has 1 N–H and O–H groups in total. The summed E-state index contributed by atoms with van der Waals surface area (Å²) in [6.45, 7) is -3.05. The summed E-state index contributed by atoms with van der Waals surface area (Å²) in [5, 5.41) is 8.82. The largest absolute Gasteiger partial charge is 0.435 e. The SMILES string of the molecule is O=C(Nc1ccc(OC(F)F)cc1)c1nnn(-c2ccc(F)cc2)c1C(F)(F)F. The molecule has 0 saturated heterocycles. The molecule has 0 atom stereocenters. The molecule has 0 bridgehead atoms. The Morgan fingerprint density at radius 2 is 1.66 bits per heavy atom. The average Bonchev–Trinajstić information content (AvgIpc) is 3.09. The molecule has 29 heavy (non-hydrogen) atoms. The summed E-state index contributed by atoms with van der Waals surface area (Å²) in [4.78, 5) is 12.3. The highest BCUT2D eigenvalue weighted by Crippen LogP contribution is 2.33. The smallest absolute Gasteiger partial charge is 0.435 e. The van der Waals surface area contributed by atoms with Gasteiger partial charge < -0.3 is 10.1 Å². The van der Waals surface area contributed by atoms with E-state index in [1.807, 2.05) is 0 Å². The number of alkyl halides is 5. The summed E-state index contributed by atoms with van der Waals surface area (Å²) in [5.41, 5.74) is -2.62. The third kappa shape index (κ3) is 4.65. The second-order valence-electron chi connectivity index (χ2n) is 5.53. The second-order valence-corrected chi connectivity index (χ2v) is 5.53. The lowest BCUT2D eigenvalue weighted by Gasteiger charge is -2.11. The molecule has 3 aromatic rings. The Hall–Kier alpha value is -3.57. The number of nitrogens with zero attached hydrogens (tertiary/aromatic N) is 3. The number of carbonyl (C=O) groups is 1. The highest BCUT2D eigenvalue weighted by atomic mass is 19.4. The van der Waals surface area contributed by atoms with Crippen molar-refractivity contribution < 1.29 is 35.9 Å². The van der Waals surface area contributed by atoms with Crippen LogP contribution in [0.25, 0.3) is 5.69 Å². The molecule has 0 unspecified atom stereocenters. The highest BCUT2D eigenvalue weighted by Gasteiger charge is 2.42. The lowest BCUT2D eigenvalue weighted by Crippen LogP contribution is -2.21. The van der Waals surface area contributed by atoms with E-state index in [9.17, 15) is 31.1 Å². The van der Waals surface area contributed by atoms with Crippen LogP contribution < -0.4 is 10.1 Å². The fraction of sp³-hybridized carbons (Fsp3) is 0.118. The minimum absolute atomic E-state index is 0.0149. The molecule has 0 radical (unpaired) electrons. The first-order valence-corrected chi connectivity index (χ1v) is 7.80. The van der Waals surface area contributed by atoms with E-state index < -0.39 is 35.9 Å². The van der Waals surface area contributed by atoms with Crippen molar-refractivity contribution in [2.24, 2.45) is 0 Å². The summed E-state index contributed by atoms with van der Waals surface area (Å²) >= 11 is 0. The van der Waals surface area contributed by atoms with Gasteiger partial charge in [-0.05, 0) is 48.5 Å². The van der Waals surface area contributed by atoms with Crippen molar-refractivity contribution >= 4 is 11.6 Å². The summed E-state index contributed by atoms with van der Waals surface area (Å²) in [7, 11) is 0. The zero-order valence-electron chi connectivity index (χ0n) is 14.1. The first-order valence-electron chi connectivity index (χ1n) is 7.80. The number of hydrogen-bond acceptors (Lipinski definition) is 4. The molecule has 2 aromatic carbocycles. The number of aromatic nitrogens is 3. The molecule has 1 amide bonds. The third-order valence-electron chi connectivity index (χ3n) is 3.56. The van der Waals surface area contributed by atoms with Crippen LogP contribution in [-0.2, 0) is 6.18 Å². The lowest BCUT2D eigenvalue weighted by atomic mass is 10.2. The standard InChI is InChI=1S/C17H10F6N4O2/c18-9-1-5-11(6-2-9)27-14(17(21,22)23)13(25-26-27)15(28)24-10-3-7-12(8-4-10)29-16(19)20/h1-8,16H,(H,24,28). The lowest BCUT2D eigenvalue weighted by molar-refractivity contribution is -0.143. The van der Waals surface area contributed by atoms with Crippen molar-refractivity contribution in [3.05, 3.63) is 65.7 Å². The number of hydrogen-bond donors (Lipinski definition) is 1. The number of benzene rings is 2. The zero-order chi connectivity index (χ0) is 21.2. The van der Waals surface area contributed by atoms with Gasteiger partial charge in [-0.2, -0.15) is 22.0 Å². The van der Waals surface area contributed by atoms with E-state index in [1.165, 1.54) is 0 Å². The number of rotatable bonds is 5. The van der Waals surface area contributed by atoms with Crippen LogP contribution in [0, 0.1) is 5.82 Å². The Balaban J connectivity index is 1.90. The van der Waals surface area contributed by atoms with E-state index in [1.54, 1.807) is 0 Å². The molecule has 152 valence electrons. The highest BCUT2D eigenvalue weighted by molar-refractivity contribution is 6.03. The fourth-order valence-corrected chi connectivity index (χ4v) is 2.36. The molecule has 0 aliphatic heterocycles. The molecule has 0 spiro atoms. The predicted molar refractivity (Wildman–Crippen MR) is 87.3 cm³/mol. The van der Waals surface area contributed by atoms with Gasteiger partial charge in [0.1, 0.15) is 11.6 Å². The van der Waals surface area contributed by atoms with Crippen LogP contribution >= 0.6 is 0 Å². The Labute approximate surface area is 158 Å². The average molecular weight is 416 g/mol. The van der Waals surface area contributed by atoms with Gasteiger partial charge in [0.25, 0.3) is 5.91 Å². The van der Waals surface area contributed by atoms with Crippen LogP contribution in [0.1, 0.15) is 16.2 Å². The molecule has 6 nitrogen and oxygen atoms in total. The van der Waals surface area contributed by atoms with Gasteiger partial charge in [0.15, 0.2) is 11.4 Å². The van der Waals surface area contributed by atoms with Crippen LogP contribution in [0.4, 0.5) is 32.0 Å². The van der Waals surface area contributed by atoms with Crippen molar-refractivity contribution in [2.45, 2.75) is 12.8 Å². The van der Waals surface area contributed by atoms with E-state index in [2.05, 4.69) is 20.4 Å². The monoisotopic (exact) mass is 416 g/mol. The van der Waals surface area contributed by atoms with E-state index in [0.29, 0.717) is 4.68 Å². The summed E-state index contributed by atoms with van der Waals surface area (Å²) in [5.74, 6) is -2.09. The molecule has 12 heteroatoms. The topological polar surface area (TPSA) is 69.0 Å². The van der Waals surface area contributed by atoms with Gasteiger partial charge in [-0.25, -0.2) is 9.07 Å². The Bertz CT molecular complexity index is 1000. The molecule has 0 fully saturated rings. The Kier molecular flexibility index (Phi) is 5.43.